The van der Waals surface area contributed by atoms with Gasteiger partial charge in [0.1, 0.15) is 5.75 Å². The van der Waals surface area contributed by atoms with Crippen molar-refractivity contribution in [3.05, 3.63) is 59.9 Å². The Morgan fingerprint density at radius 1 is 1.11 bits per heavy atom. The zero-order chi connectivity index (χ0) is 26.7. The van der Waals surface area contributed by atoms with Crippen LogP contribution in [0.3, 0.4) is 0 Å². The molecule has 0 unspecified atom stereocenters. The Labute approximate surface area is 221 Å². The maximum absolute atomic E-state index is 13.2. The van der Waals surface area contributed by atoms with Crippen molar-refractivity contribution in [2.75, 3.05) is 53.3 Å². The number of carbonyl (C=O) groups is 1. The summed E-state index contributed by atoms with van der Waals surface area (Å²) in [6.45, 7) is 1.07. The first-order chi connectivity index (χ1) is 18.4. The number of hydrogen-bond donors (Lipinski definition) is 1. The third-order valence-corrected chi connectivity index (χ3v) is 8.43. The monoisotopic (exact) mass is 546 g/mol. The highest BCUT2D eigenvalue weighted by molar-refractivity contribution is 7.89. The van der Waals surface area contributed by atoms with Gasteiger partial charge in [-0.3, -0.25) is 4.79 Å². The number of carbonyl (C=O) groups excluding carboxylic acids is 1. The van der Waals surface area contributed by atoms with Crippen molar-refractivity contribution in [3.63, 3.8) is 0 Å². The van der Waals surface area contributed by atoms with E-state index in [2.05, 4.69) is 0 Å². The van der Waals surface area contributed by atoms with E-state index in [0.717, 1.165) is 9.87 Å². The number of rotatable bonds is 11. The average molecular weight is 547 g/mol. The maximum atomic E-state index is 13.2. The Morgan fingerprint density at radius 3 is 2.58 bits per heavy atom. The number of aliphatic hydroxyl groups is 1. The van der Waals surface area contributed by atoms with Crippen molar-refractivity contribution in [2.24, 2.45) is 0 Å². The Balaban J connectivity index is 1.27. The minimum absolute atomic E-state index is 0.000898. The summed E-state index contributed by atoms with van der Waals surface area (Å²) in [5.74, 6) is 1.67. The Hall–Kier alpha value is -3.32. The quantitative estimate of drug-likeness (QED) is 0.419. The summed E-state index contributed by atoms with van der Waals surface area (Å²) in [6, 6.07) is 11.7. The predicted molar refractivity (Wildman–Crippen MR) is 134 cm³/mol. The first kappa shape index (κ1) is 26.3. The lowest BCUT2D eigenvalue weighted by molar-refractivity contribution is -0.149. The number of nitrogens with zero attached hydrogens (tertiary/aromatic N) is 2. The van der Waals surface area contributed by atoms with Gasteiger partial charge >= 0.3 is 0 Å². The number of aliphatic hydroxyl groups excluding tert-OH is 1. The van der Waals surface area contributed by atoms with Gasteiger partial charge in [0, 0.05) is 38.5 Å². The molecule has 1 saturated heterocycles. The molecule has 3 aliphatic rings. The van der Waals surface area contributed by atoms with Crippen LogP contribution in [0.2, 0.25) is 0 Å². The molecule has 2 atom stereocenters. The van der Waals surface area contributed by atoms with Gasteiger partial charge in [0.05, 0.1) is 25.2 Å². The zero-order valence-corrected chi connectivity index (χ0v) is 21.8. The second-order valence-electron chi connectivity index (χ2n) is 9.00. The van der Waals surface area contributed by atoms with Gasteiger partial charge in [0.2, 0.25) is 23.1 Å². The number of allylic oxidation sites excluding steroid dienone is 1. The molecule has 0 aromatic heterocycles. The normalized spacial score (nSPS) is 20.2. The Kier molecular flexibility index (Phi) is 7.75. The van der Waals surface area contributed by atoms with Crippen LogP contribution < -0.4 is 14.2 Å². The molecule has 3 heterocycles. The number of benzene rings is 2. The summed E-state index contributed by atoms with van der Waals surface area (Å²) < 4.78 is 55.3. The largest absolute Gasteiger partial charge is 0.497 e. The summed E-state index contributed by atoms with van der Waals surface area (Å²) in [4.78, 5) is 14.5. The van der Waals surface area contributed by atoms with E-state index in [-0.39, 0.29) is 55.6 Å². The van der Waals surface area contributed by atoms with Gasteiger partial charge in [-0.15, -0.1) is 0 Å². The van der Waals surface area contributed by atoms with Crippen molar-refractivity contribution in [1.29, 1.82) is 0 Å². The number of sulfonamides is 1. The molecule has 11 nitrogen and oxygen atoms in total. The molecule has 0 spiro atoms. The minimum atomic E-state index is -3.88. The molecule has 5 rings (SSSR count). The van der Waals surface area contributed by atoms with Crippen LogP contribution in [0.25, 0.3) is 0 Å². The summed E-state index contributed by atoms with van der Waals surface area (Å²) >= 11 is 0. The third-order valence-electron chi connectivity index (χ3n) is 6.52. The van der Waals surface area contributed by atoms with Gasteiger partial charge in [-0.1, -0.05) is 6.07 Å². The molecule has 1 amide bonds. The molecule has 1 N–H and O–H groups in total. The zero-order valence-electron chi connectivity index (χ0n) is 20.9. The number of amides is 1. The molecule has 3 aliphatic heterocycles. The SMILES string of the molecule is COc1ccc(S(=O)(=O)N(CCO)CCO[C@H]2C[C@@H](c3ccc4c(c3)OCO4)C=C(C(=O)N3CC3)O2)cc1. The third kappa shape index (κ3) is 5.73. The van der Waals surface area contributed by atoms with Crippen LogP contribution in [0.1, 0.15) is 17.9 Å². The first-order valence-electron chi connectivity index (χ1n) is 12.3. The fourth-order valence-corrected chi connectivity index (χ4v) is 5.76. The van der Waals surface area contributed by atoms with Crippen LogP contribution >= 0.6 is 0 Å². The van der Waals surface area contributed by atoms with E-state index in [4.69, 9.17) is 23.7 Å². The average Bonchev–Trinajstić information content (AvgIpc) is 3.68. The van der Waals surface area contributed by atoms with Crippen molar-refractivity contribution in [1.82, 2.24) is 9.21 Å². The topological polar surface area (TPSA) is 124 Å². The molecule has 38 heavy (non-hydrogen) atoms. The van der Waals surface area contributed by atoms with Crippen LogP contribution in [0.15, 0.2) is 59.2 Å². The molecule has 12 heteroatoms. The molecular formula is C26H30N2O9S. The van der Waals surface area contributed by atoms with Crippen molar-refractivity contribution >= 4 is 15.9 Å². The Morgan fingerprint density at radius 2 is 1.87 bits per heavy atom. The number of ether oxygens (including phenoxy) is 5. The van der Waals surface area contributed by atoms with Gasteiger partial charge < -0.3 is 33.7 Å². The van der Waals surface area contributed by atoms with Gasteiger partial charge in [-0.2, -0.15) is 4.31 Å². The molecule has 2 aromatic carbocycles. The highest BCUT2D eigenvalue weighted by Crippen LogP contribution is 2.39. The first-order valence-corrected chi connectivity index (χ1v) is 13.8. The number of methoxy groups -OCH3 is 1. The van der Waals surface area contributed by atoms with E-state index >= 15 is 0 Å². The van der Waals surface area contributed by atoms with Gasteiger partial charge in [0.25, 0.3) is 5.91 Å². The minimum Gasteiger partial charge on any atom is -0.497 e. The van der Waals surface area contributed by atoms with Gasteiger partial charge in [-0.05, 0) is 48.0 Å². The van der Waals surface area contributed by atoms with Crippen LogP contribution in [-0.4, -0.2) is 88.2 Å². The van der Waals surface area contributed by atoms with Crippen molar-refractivity contribution in [2.45, 2.75) is 23.5 Å². The van der Waals surface area contributed by atoms with E-state index in [0.29, 0.717) is 36.8 Å². The van der Waals surface area contributed by atoms with Crippen LogP contribution in [0, 0.1) is 0 Å². The molecule has 1 fully saturated rings. The molecular weight excluding hydrogens is 516 g/mol. The molecule has 0 radical (unpaired) electrons. The van der Waals surface area contributed by atoms with Gasteiger partial charge in [0.15, 0.2) is 17.3 Å². The number of hydrogen-bond acceptors (Lipinski definition) is 9. The fraction of sp³-hybridized carbons (Fsp3) is 0.423. The second-order valence-corrected chi connectivity index (χ2v) is 10.9. The van der Waals surface area contributed by atoms with E-state index in [1.165, 1.54) is 19.2 Å². The molecule has 204 valence electrons. The van der Waals surface area contributed by atoms with Crippen LogP contribution in [0.4, 0.5) is 0 Å². The highest BCUT2D eigenvalue weighted by Gasteiger charge is 2.35. The standard InChI is InChI=1S/C26H30N2O9S/c1-33-20-3-5-21(6-4-20)38(31,32)28(10-12-29)11-13-34-25-16-19(15-24(37-25)26(30)27-8-9-27)18-2-7-22-23(14-18)36-17-35-22/h2-7,14-15,19,25,29H,8-13,16-17H2,1H3/t19-,25+/m0/s1. The predicted octanol–water partition coefficient (Wildman–Crippen LogP) is 1.68. The molecule has 0 bridgehead atoms. The lowest BCUT2D eigenvalue weighted by atomic mass is 9.92. The van der Waals surface area contributed by atoms with Crippen molar-refractivity contribution in [3.8, 4) is 17.2 Å². The van der Waals surface area contributed by atoms with E-state index < -0.39 is 16.3 Å². The van der Waals surface area contributed by atoms with Gasteiger partial charge in [-0.25, -0.2) is 8.42 Å². The lowest BCUT2D eigenvalue weighted by Gasteiger charge is -2.30. The fourth-order valence-electron chi connectivity index (χ4n) is 4.34. The smallest absolute Gasteiger partial charge is 0.288 e. The van der Waals surface area contributed by atoms with E-state index in [1.54, 1.807) is 23.1 Å². The van der Waals surface area contributed by atoms with Crippen LogP contribution in [0.5, 0.6) is 17.2 Å². The maximum Gasteiger partial charge on any atom is 0.288 e. The summed E-state index contributed by atoms with van der Waals surface area (Å²) in [5, 5.41) is 9.50. The van der Waals surface area contributed by atoms with Crippen LogP contribution in [-0.2, 0) is 24.3 Å². The molecule has 0 aliphatic carbocycles. The summed E-state index contributed by atoms with van der Waals surface area (Å²) in [6.07, 6.45) is 1.44. The van der Waals surface area contributed by atoms with E-state index in [1.807, 2.05) is 18.2 Å². The summed E-state index contributed by atoms with van der Waals surface area (Å²) in [5.41, 5.74) is 0.922. The number of fused-ring (bicyclic) bond motifs is 1. The Bertz CT molecular complexity index is 1290. The van der Waals surface area contributed by atoms with Crippen molar-refractivity contribution < 1.29 is 42.0 Å². The summed E-state index contributed by atoms with van der Waals surface area (Å²) in [7, 11) is -2.38. The highest BCUT2D eigenvalue weighted by atomic mass is 32.2. The molecule has 2 aromatic rings. The second kappa shape index (κ2) is 11.2. The lowest BCUT2D eigenvalue weighted by Crippen LogP contribution is -2.37. The van der Waals surface area contributed by atoms with E-state index in [9.17, 15) is 18.3 Å². The molecule has 0 saturated carbocycles.